The van der Waals surface area contributed by atoms with Gasteiger partial charge >= 0.3 is 5.97 Å². The van der Waals surface area contributed by atoms with Gasteiger partial charge in [0.1, 0.15) is 0 Å². The molecule has 0 aromatic heterocycles. The van der Waals surface area contributed by atoms with Gasteiger partial charge in [-0.1, -0.05) is 0 Å². The Labute approximate surface area is 71.2 Å². The van der Waals surface area contributed by atoms with Crippen LogP contribution in [-0.2, 0) is 9.53 Å². The lowest BCUT2D eigenvalue weighted by atomic mass is 9.95. The molecule has 1 rings (SSSR count). The smallest absolute Gasteiger partial charge is 0.332 e. The molecule has 0 radical (unpaired) electrons. The fourth-order valence-corrected chi connectivity index (χ4v) is 1.47. The Hall–Kier alpha value is -0.610. The van der Waals surface area contributed by atoms with Gasteiger partial charge in [0.05, 0.1) is 6.10 Å². The fraction of sp³-hybridized carbons (Fsp3) is 0.875. The molecule has 0 bridgehead atoms. The first kappa shape index (κ1) is 9.48. The number of ether oxygens (including phenoxy) is 1. The van der Waals surface area contributed by atoms with Crippen molar-refractivity contribution in [2.24, 2.45) is 5.92 Å². The largest absolute Gasteiger partial charge is 0.479 e. The van der Waals surface area contributed by atoms with Crippen LogP contribution in [0.5, 0.6) is 0 Å². The summed E-state index contributed by atoms with van der Waals surface area (Å²) < 4.78 is 5.24. The van der Waals surface area contributed by atoms with Crippen molar-refractivity contribution in [3.05, 3.63) is 0 Å². The molecule has 0 aliphatic carbocycles. The molecule has 1 saturated heterocycles. The van der Waals surface area contributed by atoms with Gasteiger partial charge in [-0.15, -0.1) is 0 Å². The van der Waals surface area contributed by atoms with Crippen LogP contribution in [0.2, 0.25) is 0 Å². The Balaban J connectivity index is 2.35. The van der Waals surface area contributed by atoms with E-state index in [0.29, 0.717) is 13.0 Å². The number of aliphatic hydroxyl groups excluding tert-OH is 1. The minimum atomic E-state index is -1.24. The van der Waals surface area contributed by atoms with Crippen molar-refractivity contribution < 1.29 is 19.7 Å². The van der Waals surface area contributed by atoms with Crippen molar-refractivity contribution in [2.75, 3.05) is 6.61 Å². The van der Waals surface area contributed by atoms with Crippen LogP contribution in [0.15, 0.2) is 0 Å². The number of aliphatic hydroxyl groups is 1. The molecular formula is C8H14O4. The van der Waals surface area contributed by atoms with Gasteiger partial charge in [-0.25, -0.2) is 4.79 Å². The first-order valence-corrected chi connectivity index (χ1v) is 4.13. The molecule has 4 heteroatoms. The Kier molecular flexibility index (Phi) is 3.05. The second kappa shape index (κ2) is 3.87. The lowest BCUT2D eigenvalue weighted by Gasteiger charge is -2.15. The zero-order valence-corrected chi connectivity index (χ0v) is 7.06. The van der Waals surface area contributed by atoms with E-state index in [0.717, 1.165) is 6.42 Å². The van der Waals surface area contributed by atoms with Gasteiger partial charge in [0.15, 0.2) is 6.10 Å². The summed E-state index contributed by atoms with van der Waals surface area (Å²) >= 11 is 0. The standard InChI is InChI=1S/C8H14O4/c1-5-6(2-3-12-5)4-7(9)8(10)11/h5-7,9H,2-4H2,1H3,(H,10,11). The zero-order valence-electron chi connectivity index (χ0n) is 7.06. The molecule has 4 nitrogen and oxygen atoms in total. The Morgan fingerprint density at radius 3 is 2.83 bits per heavy atom. The molecule has 12 heavy (non-hydrogen) atoms. The first-order valence-electron chi connectivity index (χ1n) is 4.13. The monoisotopic (exact) mass is 174 g/mol. The predicted octanol–water partition coefficient (Wildman–Crippen LogP) is 0.247. The van der Waals surface area contributed by atoms with E-state index in [2.05, 4.69) is 0 Å². The van der Waals surface area contributed by atoms with Gasteiger partial charge < -0.3 is 14.9 Å². The third-order valence-corrected chi connectivity index (χ3v) is 2.34. The molecule has 0 aromatic carbocycles. The van der Waals surface area contributed by atoms with E-state index in [-0.39, 0.29) is 12.0 Å². The Morgan fingerprint density at radius 2 is 2.42 bits per heavy atom. The molecule has 3 unspecified atom stereocenters. The predicted molar refractivity (Wildman–Crippen MR) is 41.8 cm³/mol. The Morgan fingerprint density at radius 1 is 1.75 bits per heavy atom. The van der Waals surface area contributed by atoms with Gasteiger partial charge in [0.25, 0.3) is 0 Å². The molecule has 1 fully saturated rings. The van der Waals surface area contributed by atoms with Crippen molar-refractivity contribution >= 4 is 5.97 Å². The van der Waals surface area contributed by atoms with Crippen LogP contribution in [0, 0.1) is 5.92 Å². The SMILES string of the molecule is CC1OCCC1CC(O)C(=O)O. The van der Waals surface area contributed by atoms with Crippen LogP contribution in [0.4, 0.5) is 0 Å². The van der Waals surface area contributed by atoms with Crippen LogP contribution in [-0.4, -0.2) is 35.0 Å². The minimum Gasteiger partial charge on any atom is -0.479 e. The molecule has 70 valence electrons. The van der Waals surface area contributed by atoms with Gasteiger partial charge in [0.2, 0.25) is 0 Å². The van der Waals surface area contributed by atoms with Gasteiger partial charge in [0, 0.05) is 6.61 Å². The highest BCUT2D eigenvalue weighted by molar-refractivity contribution is 5.71. The highest BCUT2D eigenvalue weighted by Crippen LogP contribution is 2.24. The highest BCUT2D eigenvalue weighted by Gasteiger charge is 2.28. The molecule has 1 aliphatic heterocycles. The summed E-state index contributed by atoms with van der Waals surface area (Å²) in [4.78, 5) is 10.3. The van der Waals surface area contributed by atoms with E-state index in [1.807, 2.05) is 6.92 Å². The highest BCUT2D eigenvalue weighted by atomic mass is 16.5. The molecule has 1 aliphatic rings. The van der Waals surface area contributed by atoms with Crippen LogP contribution in [0.1, 0.15) is 19.8 Å². The lowest BCUT2D eigenvalue weighted by Crippen LogP contribution is -2.25. The van der Waals surface area contributed by atoms with Gasteiger partial charge in [-0.2, -0.15) is 0 Å². The molecular weight excluding hydrogens is 160 g/mol. The van der Waals surface area contributed by atoms with E-state index in [1.165, 1.54) is 0 Å². The lowest BCUT2D eigenvalue weighted by molar-refractivity contribution is -0.147. The molecule has 1 heterocycles. The second-order valence-corrected chi connectivity index (χ2v) is 3.21. The number of hydrogen-bond donors (Lipinski definition) is 2. The average Bonchev–Trinajstić information content (AvgIpc) is 2.36. The molecule has 0 aromatic rings. The number of carbonyl (C=O) groups is 1. The molecule has 0 spiro atoms. The summed E-state index contributed by atoms with van der Waals surface area (Å²) in [6, 6.07) is 0. The van der Waals surface area contributed by atoms with Crippen LogP contribution in [0.25, 0.3) is 0 Å². The summed E-state index contributed by atoms with van der Waals surface area (Å²) in [5.41, 5.74) is 0. The third kappa shape index (κ3) is 2.19. The molecule has 0 saturated carbocycles. The van der Waals surface area contributed by atoms with E-state index in [4.69, 9.17) is 14.9 Å². The van der Waals surface area contributed by atoms with E-state index in [1.54, 1.807) is 0 Å². The third-order valence-electron chi connectivity index (χ3n) is 2.34. The quantitative estimate of drug-likeness (QED) is 0.643. The molecule has 3 atom stereocenters. The summed E-state index contributed by atoms with van der Waals surface area (Å²) in [5, 5.41) is 17.5. The van der Waals surface area contributed by atoms with Crippen LogP contribution in [0.3, 0.4) is 0 Å². The number of carboxylic acid groups (broad SMARTS) is 1. The van der Waals surface area contributed by atoms with Crippen LogP contribution < -0.4 is 0 Å². The number of carboxylic acids is 1. The van der Waals surface area contributed by atoms with E-state index >= 15 is 0 Å². The fourth-order valence-electron chi connectivity index (χ4n) is 1.47. The molecule has 2 N–H and O–H groups in total. The number of rotatable bonds is 3. The normalized spacial score (nSPS) is 31.8. The van der Waals surface area contributed by atoms with Crippen molar-refractivity contribution in [3.8, 4) is 0 Å². The minimum absolute atomic E-state index is 0.0824. The average molecular weight is 174 g/mol. The maximum atomic E-state index is 10.3. The zero-order chi connectivity index (χ0) is 9.14. The maximum Gasteiger partial charge on any atom is 0.332 e. The van der Waals surface area contributed by atoms with Crippen molar-refractivity contribution in [2.45, 2.75) is 32.0 Å². The number of aliphatic carboxylic acids is 1. The molecule has 0 amide bonds. The summed E-state index contributed by atoms with van der Waals surface area (Å²) in [6.07, 6.45) is 0.000278. The Bertz CT molecular complexity index is 168. The van der Waals surface area contributed by atoms with Gasteiger partial charge in [-0.3, -0.25) is 0 Å². The van der Waals surface area contributed by atoms with Gasteiger partial charge in [-0.05, 0) is 25.7 Å². The summed E-state index contributed by atoms with van der Waals surface area (Å²) in [5.74, 6) is -0.954. The number of hydrogen-bond acceptors (Lipinski definition) is 3. The summed E-state index contributed by atoms with van der Waals surface area (Å²) in [7, 11) is 0. The topological polar surface area (TPSA) is 66.8 Å². The van der Waals surface area contributed by atoms with Crippen molar-refractivity contribution in [1.29, 1.82) is 0 Å². The summed E-state index contributed by atoms with van der Waals surface area (Å²) in [6.45, 7) is 2.59. The van der Waals surface area contributed by atoms with Crippen molar-refractivity contribution in [1.82, 2.24) is 0 Å². The second-order valence-electron chi connectivity index (χ2n) is 3.21. The first-order chi connectivity index (χ1) is 5.61. The van der Waals surface area contributed by atoms with E-state index < -0.39 is 12.1 Å². The van der Waals surface area contributed by atoms with Crippen LogP contribution >= 0.6 is 0 Å². The maximum absolute atomic E-state index is 10.3. The van der Waals surface area contributed by atoms with Crippen molar-refractivity contribution in [3.63, 3.8) is 0 Å². The van der Waals surface area contributed by atoms with E-state index in [9.17, 15) is 4.79 Å².